The molecule has 18 heavy (non-hydrogen) atoms. The van der Waals surface area contributed by atoms with Crippen molar-refractivity contribution in [3.05, 3.63) is 0 Å². The Bertz CT molecular complexity index is 227. The molecule has 0 bridgehead atoms. The molecule has 4 nitrogen and oxygen atoms in total. The van der Waals surface area contributed by atoms with Crippen LogP contribution in [0.15, 0.2) is 0 Å². The molecule has 2 unspecified atom stereocenters. The molecule has 1 saturated carbocycles. The first-order chi connectivity index (χ1) is 8.75. The highest BCUT2D eigenvalue weighted by molar-refractivity contribution is 4.76. The van der Waals surface area contributed by atoms with E-state index >= 15 is 0 Å². The summed E-state index contributed by atoms with van der Waals surface area (Å²) in [6, 6.07) is 0.451. The molecule has 2 fully saturated rings. The molecular weight excluding hydrogens is 230 g/mol. The minimum absolute atomic E-state index is 0.383. The van der Waals surface area contributed by atoms with E-state index in [1.54, 1.807) is 0 Å². The zero-order valence-electron chi connectivity index (χ0n) is 11.4. The van der Waals surface area contributed by atoms with Crippen molar-refractivity contribution < 1.29 is 14.6 Å². The molecule has 0 spiro atoms. The predicted molar refractivity (Wildman–Crippen MR) is 70.6 cm³/mol. The van der Waals surface area contributed by atoms with Crippen molar-refractivity contribution in [2.45, 2.75) is 44.8 Å². The average Bonchev–Trinajstić information content (AvgIpc) is 3.21. The van der Waals surface area contributed by atoms with Crippen molar-refractivity contribution >= 4 is 0 Å². The van der Waals surface area contributed by atoms with Gasteiger partial charge in [0.25, 0.3) is 0 Å². The second kappa shape index (κ2) is 7.43. The molecule has 1 heterocycles. The Morgan fingerprint density at radius 3 is 2.67 bits per heavy atom. The third-order valence-electron chi connectivity index (χ3n) is 4.01. The standard InChI is InChI=1S/C14H27NO3/c1-11(13-4-6-17-7-5-13)15-8-14(16)10-18-9-12-2-3-12/h11-16H,2-10H2,1H3. The van der Waals surface area contributed by atoms with Gasteiger partial charge in [-0.3, -0.25) is 0 Å². The molecule has 1 saturated heterocycles. The summed E-state index contributed by atoms with van der Waals surface area (Å²) < 4.78 is 10.8. The maximum Gasteiger partial charge on any atom is 0.0897 e. The maximum absolute atomic E-state index is 9.82. The van der Waals surface area contributed by atoms with Crippen LogP contribution < -0.4 is 5.32 Å². The summed E-state index contributed by atoms with van der Waals surface area (Å²) in [7, 11) is 0. The van der Waals surface area contributed by atoms with Gasteiger partial charge >= 0.3 is 0 Å². The zero-order chi connectivity index (χ0) is 12.8. The summed E-state index contributed by atoms with van der Waals surface area (Å²) in [4.78, 5) is 0. The SMILES string of the molecule is CC(NCC(O)COCC1CC1)C1CCOCC1. The summed E-state index contributed by atoms with van der Waals surface area (Å²) in [5.41, 5.74) is 0. The van der Waals surface area contributed by atoms with Gasteiger partial charge in [0, 0.05) is 32.4 Å². The zero-order valence-corrected chi connectivity index (χ0v) is 11.4. The highest BCUT2D eigenvalue weighted by Gasteiger charge is 2.22. The van der Waals surface area contributed by atoms with Gasteiger partial charge in [0.15, 0.2) is 0 Å². The first-order valence-electron chi connectivity index (χ1n) is 7.32. The van der Waals surface area contributed by atoms with E-state index in [9.17, 15) is 5.11 Å². The minimum atomic E-state index is -0.383. The molecule has 2 N–H and O–H groups in total. The number of aliphatic hydroxyl groups is 1. The van der Waals surface area contributed by atoms with Crippen LogP contribution >= 0.6 is 0 Å². The first-order valence-corrected chi connectivity index (χ1v) is 7.32. The van der Waals surface area contributed by atoms with Crippen molar-refractivity contribution in [1.82, 2.24) is 5.32 Å². The Morgan fingerprint density at radius 2 is 2.00 bits per heavy atom. The summed E-state index contributed by atoms with van der Waals surface area (Å²) >= 11 is 0. The molecule has 106 valence electrons. The molecule has 4 heteroatoms. The third-order valence-corrected chi connectivity index (χ3v) is 4.01. The van der Waals surface area contributed by atoms with E-state index in [1.165, 1.54) is 12.8 Å². The lowest BCUT2D eigenvalue weighted by molar-refractivity contribution is 0.0259. The van der Waals surface area contributed by atoms with Gasteiger partial charge in [-0.05, 0) is 44.4 Å². The van der Waals surface area contributed by atoms with Crippen LogP contribution in [0, 0.1) is 11.8 Å². The fraction of sp³-hybridized carbons (Fsp3) is 1.00. The number of hydrogen-bond acceptors (Lipinski definition) is 4. The molecule has 0 aromatic heterocycles. The van der Waals surface area contributed by atoms with Crippen molar-refractivity contribution in [3.63, 3.8) is 0 Å². The largest absolute Gasteiger partial charge is 0.389 e. The molecule has 1 aliphatic heterocycles. The van der Waals surface area contributed by atoms with Crippen LogP contribution in [0.1, 0.15) is 32.6 Å². The van der Waals surface area contributed by atoms with Gasteiger partial charge in [-0.2, -0.15) is 0 Å². The summed E-state index contributed by atoms with van der Waals surface area (Å²) in [5.74, 6) is 1.45. The lowest BCUT2D eigenvalue weighted by atomic mass is 9.93. The molecule has 0 amide bonds. The molecular formula is C14H27NO3. The molecule has 0 aromatic rings. The van der Waals surface area contributed by atoms with Crippen LogP contribution in [0.25, 0.3) is 0 Å². The molecule has 0 radical (unpaired) electrons. The van der Waals surface area contributed by atoms with Crippen LogP contribution in [0.2, 0.25) is 0 Å². The van der Waals surface area contributed by atoms with Gasteiger partial charge in [-0.1, -0.05) is 0 Å². The molecule has 2 aliphatic rings. The average molecular weight is 257 g/mol. The predicted octanol–water partition coefficient (Wildman–Crippen LogP) is 1.18. The topological polar surface area (TPSA) is 50.7 Å². The van der Waals surface area contributed by atoms with E-state index in [4.69, 9.17) is 9.47 Å². The molecule has 1 aliphatic carbocycles. The fourth-order valence-electron chi connectivity index (χ4n) is 2.42. The Hall–Kier alpha value is -0.160. The van der Waals surface area contributed by atoms with E-state index in [-0.39, 0.29) is 6.10 Å². The number of rotatable bonds is 8. The normalized spacial score (nSPS) is 25.0. The molecule has 2 atom stereocenters. The van der Waals surface area contributed by atoms with Crippen LogP contribution in [0.5, 0.6) is 0 Å². The Balaban J connectivity index is 1.51. The van der Waals surface area contributed by atoms with Gasteiger partial charge in [-0.15, -0.1) is 0 Å². The number of nitrogens with one attached hydrogen (secondary N) is 1. The van der Waals surface area contributed by atoms with Crippen molar-refractivity contribution in [1.29, 1.82) is 0 Å². The second-order valence-electron chi connectivity index (χ2n) is 5.78. The van der Waals surface area contributed by atoms with E-state index in [0.717, 1.165) is 38.6 Å². The Morgan fingerprint density at radius 1 is 1.28 bits per heavy atom. The Labute approximate surface area is 110 Å². The highest BCUT2D eigenvalue weighted by atomic mass is 16.5. The van der Waals surface area contributed by atoms with Crippen molar-refractivity contribution in [2.75, 3.05) is 33.0 Å². The van der Waals surface area contributed by atoms with Crippen LogP contribution in [-0.4, -0.2) is 50.2 Å². The maximum atomic E-state index is 9.82. The van der Waals surface area contributed by atoms with E-state index in [1.807, 2.05) is 0 Å². The van der Waals surface area contributed by atoms with Crippen LogP contribution in [0.3, 0.4) is 0 Å². The quantitative estimate of drug-likeness (QED) is 0.685. The third kappa shape index (κ3) is 5.22. The lowest BCUT2D eigenvalue weighted by Crippen LogP contribution is -2.41. The van der Waals surface area contributed by atoms with Gasteiger partial charge in [0.2, 0.25) is 0 Å². The lowest BCUT2D eigenvalue weighted by Gasteiger charge is -2.29. The smallest absolute Gasteiger partial charge is 0.0897 e. The van der Waals surface area contributed by atoms with Crippen molar-refractivity contribution in [3.8, 4) is 0 Å². The summed E-state index contributed by atoms with van der Waals surface area (Å²) in [6.07, 6.45) is 4.47. The summed E-state index contributed by atoms with van der Waals surface area (Å²) in [6.45, 7) is 5.88. The van der Waals surface area contributed by atoms with E-state index in [2.05, 4.69) is 12.2 Å². The molecule has 0 aromatic carbocycles. The summed E-state index contributed by atoms with van der Waals surface area (Å²) in [5, 5.41) is 13.2. The highest BCUT2D eigenvalue weighted by Crippen LogP contribution is 2.28. The first kappa shape index (κ1) is 14.3. The van der Waals surface area contributed by atoms with Gasteiger partial charge in [0.05, 0.1) is 12.7 Å². The van der Waals surface area contributed by atoms with E-state index in [0.29, 0.717) is 25.1 Å². The minimum Gasteiger partial charge on any atom is -0.389 e. The van der Waals surface area contributed by atoms with Gasteiger partial charge < -0.3 is 19.9 Å². The van der Waals surface area contributed by atoms with Gasteiger partial charge in [-0.25, -0.2) is 0 Å². The van der Waals surface area contributed by atoms with Gasteiger partial charge in [0.1, 0.15) is 0 Å². The molecule has 2 rings (SSSR count). The number of aliphatic hydroxyl groups excluding tert-OH is 1. The fourth-order valence-corrected chi connectivity index (χ4v) is 2.42. The Kier molecular flexibility index (Phi) is 5.89. The van der Waals surface area contributed by atoms with Crippen molar-refractivity contribution in [2.24, 2.45) is 11.8 Å². The number of ether oxygens (including phenoxy) is 2. The van der Waals surface area contributed by atoms with E-state index < -0.39 is 0 Å². The van der Waals surface area contributed by atoms with Crippen LogP contribution in [0.4, 0.5) is 0 Å². The second-order valence-corrected chi connectivity index (χ2v) is 5.78. The monoisotopic (exact) mass is 257 g/mol. The van der Waals surface area contributed by atoms with Crippen LogP contribution in [-0.2, 0) is 9.47 Å². The number of hydrogen-bond donors (Lipinski definition) is 2.